The van der Waals surface area contributed by atoms with Gasteiger partial charge in [-0.2, -0.15) is 0 Å². The number of likely N-dealkylation sites (N-methyl/N-ethyl adjacent to an activating group) is 1. The second kappa shape index (κ2) is 6.33. The van der Waals surface area contributed by atoms with Gasteiger partial charge in [0.15, 0.2) is 0 Å². The molecule has 0 amide bonds. The Morgan fingerprint density at radius 2 is 2.00 bits per heavy atom. The van der Waals surface area contributed by atoms with Crippen molar-refractivity contribution in [3.05, 3.63) is 0 Å². The maximum atomic E-state index is 6.56. The van der Waals surface area contributed by atoms with Crippen molar-refractivity contribution in [2.24, 2.45) is 5.73 Å². The Morgan fingerprint density at radius 1 is 1.28 bits per heavy atom. The lowest BCUT2D eigenvalue weighted by molar-refractivity contribution is 0.0301. The largest absolute Gasteiger partial charge is 0.381 e. The van der Waals surface area contributed by atoms with Crippen LogP contribution in [0.2, 0.25) is 0 Å². The molecule has 1 unspecified atom stereocenters. The van der Waals surface area contributed by atoms with Crippen molar-refractivity contribution in [3.8, 4) is 0 Å². The third-order valence-electron chi connectivity index (χ3n) is 4.50. The van der Waals surface area contributed by atoms with Gasteiger partial charge in [-0.25, -0.2) is 0 Å². The second-order valence-electron chi connectivity index (χ2n) is 6.12. The smallest absolute Gasteiger partial charge is 0.0484 e. The van der Waals surface area contributed by atoms with Crippen molar-refractivity contribution < 1.29 is 4.74 Å². The lowest BCUT2D eigenvalue weighted by Gasteiger charge is -2.40. The molecule has 2 aliphatic heterocycles. The Labute approximate surface area is 111 Å². The molecular formula is C14H29N3O. The maximum Gasteiger partial charge on any atom is 0.0484 e. The quantitative estimate of drug-likeness (QED) is 0.814. The first-order chi connectivity index (χ1) is 8.63. The Hall–Kier alpha value is -0.160. The molecule has 1 atom stereocenters. The van der Waals surface area contributed by atoms with Gasteiger partial charge in [-0.1, -0.05) is 6.92 Å². The fraction of sp³-hybridized carbons (Fsp3) is 1.00. The summed E-state index contributed by atoms with van der Waals surface area (Å²) in [6, 6.07) is 0.667. The van der Waals surface area contributed by atoms with Crippen molar-refractivity contribution in [3.63, 3.8) is 0 Å². The standard InChI is InChI=1S/C14H29N3O/c1-3-13-11-16(2)7-4-8-17(13)12-14(15)5-9-18-10-6-14/h13H,3-12,15H2,1-2H3. The highest BCUT2D eigenvalue weighted by atomic mass is 16.5. The normalized spacial score (nSPS) is 31.2. The lowest BCUT2D eigenvalue weighted by Crippen LogP contribution is -2.56. The van der Waals surface area contributed by atoms with E-state index in [1.54, 1.807) is 0 Å². The van der Waals surface area contributed by atoms with Crippen LogP contribution in [0.4, 0.5) is 0 Å². The molecule has 2 saturated heterocycles. The number of hydrogen-bond donors (Lipinski definition) is 1. The first-order valence-electron chi connectivity index (χ1n) is 7.42. The molecule has 0 bridgehead atoms. The third kappa shape index (κ3) is 3.67. The first-order valence-corrected chi connectivity index (χ1v) is 7.42. The molecule has 0 radical (unpaired) electrons. The van der Waals surface area contributed by atoms with E-state index in [4.69, 9.17) is 10.5 Å². The Balaban J connectivity index is 1.96. The van der Waals surface area contributed by atoms with Crippen LogP contribution in [-0.4, -0.2) is 67.8 Å². The summed E-state index contributed by atoms with van der Waals surface area (Å²) in [5, 5.41) is 0. The second-order valence-corrected chi connectivity index (χ2v) is 6.12. The highest BCUT2D eigenvalue weighted by molar-refractivity contribution is 4.92. The minimum atomic E-state index is -0.0193. The lowest BCUT2D eigenvalue weighted by atomic mass is 9.90. The van der Waals surface area contributed by atoms with E-state index in [-0.39, 0.29) is 5.54 Å². The fourth-order valence-corrected chi connectivity index (χ4v) is 3.23. The number of ether oxygens (including phenoxy) is 1. The molecule has 106 valence electrons. The number of hydrogen-bond acceptors (Lipinski definition) is 4. The molecule has 0 saturated carbocycles. The van der Waals surface area contributed by atoms with Crippen LogP contribution < -0.4 is 5.73 Å². The van der Waals surface area contributed by atoms with Gasteiger partial charge in [-0.3, -0.25) is 4.90 Å². The number of nitrogens with zero attached hydrogens (tertiary/aromatic N) is 2. The predicted octanol–water partition coefficient (Wildman–Crippen LogP) is 0.910. The molecule has 0 aromatic carbocycles. The van der Waals surface area contributed by atoms with Gasteiger partial charge in [-0.15, -0.1) is 0 Å². The van der Waals surface area contributed by atoms with Crippen LogP contribution in [0.25, 0.3) is 0 Å². The van der Waals surface area contributed by atoms with E-state index >= 15 is 0 Å². The van der Waals surface area contributed by atoms with Crippen molar-refractivity contribution in [2.45, 2.75) is 44.2 Å². The van der Waals surface area contributed by atoms with Crippen molar-refractivity contribution in [1.82, 2.24) is 9.80 Å². The number of nitrogens with two attached hydrogens (primary N) is 1. The van der Waals surface area contributed by atoms with Crippen LogP contribution in [0, 0.1) is 0 Å². The van der Waals surface area contributed by atoms with Gasteiger partial charge in [-0.05, 0) is 45.8 Å². The maximum absolute atomic E-state index is 6.56. The average molecular weight is 255 g/mol. The van der Waals surface area contributed by atoms with Crippen LogP contribution in [0.3, 0.4) is 0 Å². The van der Waals surface area contributed by atoms with Crippen LogP contribution in [0.1, 0.15) is 32.6 Å². The Bertz CT molecular complexity index is 253. The summed E-state index contributed by atoms with van der Waals surface area (Å²) in [7, 11) is 2.23. The van der Waals surface area contributed by atoms with Crippen molar-refractivity contribution in [2.75, 3.05) is 46.4 Å². The highest BCUT2D eigenvalue weighted by Crippen LogP contribution is 2.22. The summed E-state index contributed by atoms with van der Waals surface area (Å²) < 4.78 is 5.44. The number of rotatable bonds is 3. The zero-order valence-electron chi connectivity index (χ0n) is 12.0. The summed E-state index contributed by atoms with van der Waals surface area (Å²) >= 11 is 0. The van der Waals surface area contributed by atoms with E-state index in [1.807, 2.05) is 0 Å². The predicted molar refractivity (Wildman–Crippen MR) is 74.7 cm³/mol. The zero-order chi connectivity index (χ0) is 13.0. The SMILES string of the molecule is CCC1CN(C)CCCN1CC1(N)CCOCC1. The highest BCUT2D eigenvalue weighted by Gasteiger charge is 2.33. The molecule has 0 aromatic rings. The van der Waals surface area contributed by atoms with E-state index in [9.17, 15) is 0 Å². The van der Waals surface area contributed by atoms with Gasteiger partial charge >= 0.3 is 0 Å². The Kier molecular flexibility index (Phi) is 5.01. The van der Waals surface area contributed by atoms with Crippen molar-refractivity contribution in [1.29, 1.82) is 0 Å². The summed E-state index contributed by atoms with van der Waals surface area (Å²) in [6.07, 6.45) is 4.50. The molecule has 0 spiro atoms. The van der Waals surface area contributed by atoms with Crippen molar-refractivity contribution >= 4 is 0 Å². The minimum absolute atomic E-state index is 0.0193. The monoisotopic (exact) mass is 255 g/mol. The minimum Gasteiger partial charge on any atom is -0.381 e. The molecule has 4 nitrogen and oxygen atoms in total. The van der Waals surface area contributed by atoms with Gasteiger partial charge < -0.3 is 15.4 Å². The molecule has 0 aliphatic carbocycles. The molecule has 2 rings (SSSR count). The van der Waals surface area contributed by atoms with Crippen LogP contribution in [-0.2, 0) is 4.74 Å². The Morgan fingerprint density at radius 3 is 2.67 bits per heavy atom. The molecule has 4 heteroatoms. The fourth-order valence-electron chi connectivity index (χ4n) is 3.23. The van der Waals surface area contributed by atoms with E-state index in [0.717, 1.165) is 32.6 Å². The van der Waals surface area contributed by atoms with Gasteiger partial charge in [0.1, 0.15) is 0 Å². The summed E-state index contributed by atoms with van der Waals surface area (Å²) in [5.41, 5.74) is 6.54. The van der Waals surface area contributed by atoms with Gasteiger partial charge in [0.2, 0.25) is 0 Å². The third-order valence-corrected chi connectivity index (χ3v) is 4.50. The molecule has 2 heterocycles. The molecular weight excluding hydrogens is 226 g/mol. The van der Waals surface area contributed by atoms with Crippen LogP contribution in [0.5, 0.6) is 0 Å². The topological polar surface area (TPSA) is 41.7 Å². The van der Waals surface area contributed by atoms with E-state index in [2.05, 4.69) is 23.8 Å². The summed E-state index contributed by atoms with van der Waals surface area (Å²) in [6.45, 7) is 8.61. The molecule has 2 N–H and O–H groups in total. The molecule has 0 aromatic heterocycles. The average Bonchev–Trinajstić information content (AvgIpc) is 2.51. The van der Waals surface area contributed by atoms with Gasteiger partial charge in [0.05, 0.1) is 0 Å². The van der Waals surface area contributed by atoms with Gasteiger partial charge in [0.25, 0.3) is 0 Å². The van der Waals surface area contributed by atoms with Crippen LogP contribution in [0.15, 0.2) is 0 Å². The van der Waals surface area contributed by atoms with Gasteiger partial charge in [0, 0.05) is 37.9 Å². The first kappa shape index (κ1) is 14.3. The van der Waals surface area contributed by atoms with E-state index < -0.39 is 0 Å². The van der Waals surface area contributed by atoms with Crippen LogP contribution >= 0.6 is 0 Å². The van der Waals surface area contributed by atoms with E-state index in [0.29, 0.717) is 6.04 Å². The zero-order valence-corrected chi connectivity index (χ0v) is 12.0. The molecule has 2 fully saturated rings. The van der Waals surface area contributed by atoms with E-state index in [1.165, 1.54) is 32.5 Å². The summed E-state index contributed by atoms with van der Waals surface area (Å²) in [5.74, 6) is 0. The molecule has 2 aliphatic rings. The summed E-state index contributed by atoms with van der Waals surface area (Å²) in [4.78, 5) is 5.09. The molecule has 18 heavy (non-hydrogen) atoms.